The lowest BCUT2D eigenvalue weighted by Crippen LogP contribution is -2.36. The van der Waals surface area contributed by atoms with Gasteiger partial charge < -0.3 is 9.64 Å². The molecule has 0 spiro atoms. The third kappa shape index (κ3) is 2.86. The molecule has 1 aromatic heterocycles. The van der Waals surface area contributed by atoms with Crippen LogP contribution in [0.3, 0.4) is 0 Å². The van der Waals surface area contributed by atoms with Crippen LogP contribution in [0.4, 0.5) is 0 Å². The number of fused-ring (bicyclic) bond motifs is 1. The van der Waals surface area contributed by atoms with Crippen LogP contribution in [0.2, 0.25) is 0 Å². The fraction of sp³-hybridized carbons (Fsp3) is 0.312. The Morgan fingerprint density at radius 2 is 2.00 bits per heavy atom. The van der Waals surface area contributed by atoms with Gasteiger partial charge in [0.25, 0.3) is 5.91 Å². The van der Waals surface area contributed by atoms with Crippen molar-refractivity contribution in [1.82, 2.24) is 15.1 Å². The van der Waals surface area contributed by atoms with Crippen molar-refractivity contribution < 1.29 is 9.53 Å². The number of benzene rings is 1. The lowest BCUT2D eigenvalue weighted by molar-refractivity contribution is 0.0727. The van der Waals surface area contributed by atoms with Gasteiger partial charge >= 0.3 is 0 Å². The molecule has 5 heteroatoms. The van der Waals surface area contributed by atoms with Gasteiger partial charge in [-0.3, -0.25) is 4.79 Å². The molecule has 3 rings (SSSR count). The van der Waals surface area contributed by atoms with Crippen molar-refractivity contribution in [3.63, 3.8) is 0 Å². The van der Waals surface area contributed by atoms with E-state index in [1.807, 2.05) is 24.0 Å². The molecule has 0 unspecified atom stereocenters. The number of carbonyl (C=O) groups is 1. The Hall–Kier alpha value is -2.43. The monoisotopic (exact) mass is 283 g/mol. The maximum atomic E-state index is 12.5. The van der Waals surface area contributed by atoms with Crippen molar-refractivity contribution in [2.24, 2.45) is 0 Å². The number of nitrogens with zero attached hydrogens (tertiary/aromatic N) is 3. The van der Waals surface area contributed by atoms with Gasteiger partial charge in [0.1, 0.15) is 0 Å². The van der Waals surface area contributed by atoms with Gasteiger partial charge in [0.2, 0.25) is 5.88 Å². The summed E-state index contributed by atoms with van der Waals surface area (Å²) >= 11 is 0. The van der Waals surface area contributed by atoms with Gasteiger partial charge in [0, 0.05) is 19.2 Å². The number of ether oxygens (including phenoxy) is 1. The molecule has 0 saturated carbocycles. The van der Waals surface area contributed by atoms with Gasteiger partial charge in [-0.25, -0.2) is 0 Å². The fourth-order valence-corrected chi connectivity index (χ4v) is 2.49. The van der Waals surface area contributed by atoms with Crippen LogP contribution in [0.25, 0.3) is 0 Å². The fourth-order valence-electron chi connectivity index (χ4n) is 2.49. The second-order valence-electron chi connectivity index (χ2n) is 4.94. The van der Waals surface area contributed by atoms with Crippen molar-refractivity contribution in [3.8, 4) is 5.88 Å². The highest BCUT2D eigenvalue weighted by molar-refractivity contribution is 5.92. The summed E-state index contributed by atoms with van der Waals surface area (Å²) in [7, 11) is 0. The number of hydrogen-bond donors (Lipinski definition) is 0. The molecule has 1 aromatic carbocycles. The average Bonchev–Trinajstić information content (AvgIpc) is 2.55. The van der Waals surface area contributed by atoms with Gasteiger partial charge in [-0.2, -0.15) is 0 Å². The number of carbonyl (C=O) groups excluding carboxylic acids is 1. The van der Waals surface area contributed by atoms with Crippen LogP contribution >= 0.6 is 0 Å². The van der Waals surface area contributed by atoms with E-state index in [9.17, 15) is 4.79 Å². The largest absolute Gasteiger partial charge is 0.477 e. The van der Waals surface area contributed by atoms with Crippen molar-refractivity contribution in [2.45, 2.75) is 19.9 Å². The summed E-state index contributed by atoms with van der Waals surface area (Å²) < 4.78 is 5.23. The second-order valence-corrected chi connectivity index (χ2v) is 4.94. The van der Waals surface area contributed by atoms with Crippen LogP contribution in [-0.4, -0.2) is 34.2 Å². The molecule has 2 heterocycles. The third-order valence-electron chi connectivity index (χ3n) is 3.57. The van der Waals surface area contributed by atoms with E-state index in [0.717, 1.165) is 6.42 Å². The molecular formula is C16H17N3O2. The van der Waals surface area contributed by atoms with E-state index >= 15 is 0 Å². The topological polar surface area (TPSA) is 55.3 Å². The predicted molar refractivity (Wildman–Crippen MR) is 78.1 cm³/mol. The minimum atomic E-state index is -0.0833. The van der Waals surface area contributed by atoms with Crippen LogP contribution in [-0.2, 0) is 13.0 Å². The van der Waals surface area contributed by atoms with E-state index in [2.05, 4.69) is 22.3 Å². The Bertz CT molecular complexity index is 640. The summed E-state index contributed by atoms with van der Waals surface area (Å²) in [6.07, 6.45) is 0.881. The van der Waals surface area contributed by atoms with E-state index in [1.165, 1.54) is 11.1 Å². The lowest BCUT2D eigenvalue weighted by atomic mass is 10.00. The summed E-state index contributed by atoms with van der Waals surface area (Å²) in [6.45, 7) is 3.76. The zero-order valence-electron chi connectivity index (χ0n) is 12.0. The first-order chi connectivity index (χ1) is 10.3. The highest BCUT2D eigenvalue weighted by Gasteiger charge is 2.22. The number of aromatic nitrogens is 2. The smallest absolute Gasteiger partial charge is 0.274 e. The van der Waals surface area contributed by atoms with Crippen LogP contribution in [0, 0.1) is 0 Å². The molecule has 0 bridgehead atoms. The third-order valence-corrected chi connectivity index (χ3v) is 3.57. The van der Waals surface area contributed by atoms with Crippen LogP contribution in [0.15, 0.2) is 36.4 Å². The molecule has 2 aromatic rings. The van der Waals surface area contributed by atoms with E-state index in [0.29, 0.717) is 31.3 Å². The average molecular weight is 283 g/mol. The number of rotatable bonds is 3. The number of amides is 1. The van der Waals surface area contributed by atoms with Gasteiger partial charge in [-0.05, 0) is 30.5 Å². The Morgan fingerprint density at radius 1 is 1.19 bits per heavy atom. The minimum Gasteiger partial charge on any atom is -0.477 e. The first-order valence-electron chi connectivity index (χ1n) is 7.10. The molecular weight excluding hydrogens is 266 g/mol. The Balaban J connectivity index is 1.74. The minimum absolute atomic E-state index is 0.0833. The SMILES string of the molecule is CCOc1ccc(C(=O)N2CCc3ccccc3C2)nn1. The van der Waals surface area contributed by atoms with Crippen LogP contribution < -0.4 is 4.74 Å². The molecule has 0 fully saturated rings. The van der Waals surface area contributed by atoms with Crippen LogP contribution in [0.5, 0.6) is 5.88 Å². The summed E-state index contributed by atoms with van der Waals surface area (Å²) in [5.74, 6) is 0.359. The molecule has 0 saturated heterocycles. The molecule has 1 aliphatic heterocycles. The lowest BCUT2D eigenvalue weighted by Gasteiger charge is -2.28. The van der Waals surface area contributed by atoms with E-state index in [4.69, 9.17) is 4.74 Å². The van der Waals surface area contributed by atoms with Crippen molar-refractivity contribution in [3.05, 3.63) is 53.2 Å². The summed E-state index contributed by atoms with van der Waals surface area (Å²) in [6, 6.07) is 11.6. The second kappa shape index (κ2) is 5.91. The molecule has 0 radical (unpaired) electrons. The van der Waals surface area contributed by atoms with Gasteiger partial charge in [0.15, 0.2) is 5.69 Å². The van der Waals surface area contributed by atoms with Crippen molar-refractivity contribution in [2.75, 3.05) is 13.2 Å². The van der Waals surface area contributed by atoms with E-state index in [-0.39, 0.29) is 5.91 Å². The summed E-state index contributed by atoms with van der Waals surface area (Å²) in [4.78, 5) is 14.3. The number of hydrogen-bond acceptors (Lipinski definition) is 4. The maximum absolute atomic E-state index is 12.5. The van der Waals surface area contributed by atoms with Crippen molar-refractivity contribution in [1.29, 1.82) is 0 Å². The Morgan fingerprint density at radius 3 is 2.71 bits per heavy atom. The summed E-state index contributed by atoms with van der Waals surface area (Å²) in [5.41, 5.74) is 2.88. The molecule has 21 heavy (non-hydrogen) atoms. The van der Waals surface area contributed by atoms with E-state index in [1.54, 1.807) is 12.1 Å². The quantitative estimate of drug-likeness (QED) is 0.865. The van der Waals surface area contributed by atoms with E-state index < -0.39 is 0 Å². The molecule has 108 valence electrons. The first-order valence-corrected chi connectivity index (χ1v) is 7.10. The van der Waals surface area contributed by atoms with Gasteiger partial charge in [-0.15, -0.1) is 10.2 Å². The standard InChI is InChI=1S/C16H17N3O2/c1-2-21-15-8-7-14(17-18-15)16(20)19-10-9-12-5-3-4-6-13(12)11-19/h3-8H,2,9-11H2,1H3. The summed E-state index contributed by atoms with van der Waals surface area (Å²) in [5, 5.41) is 7.87. The molecule has 0 atom stereocenters. The first kappa shape index (κ1) is 13.5. The molecule has 1 amide bonds. The highest BCUT2D eigenvalue weighted by atomic mass is 16.5. The van der Waals surface area contributed by atoms with Gasteiger partial charge in [-0.1, -0.05) is 24.3 Å². The van der Waals surface area contributed by atoms with Crippen molar-refractivity contribution >= 4 is 5.91 Å². The molecule has 5 nitrogen and oxygen atoms in total. The van der Waals surface area contributed by atoms with Crippen LogP contribution in [0.1, 0.15) is 28.5 Å². The zero-order chi connectivity index (χ0) is 14.7. The maximum Gasteiger partial charge on any atom is 0.274 e. The molecule has 0 N–H and O–H groups in total. The predicted octanol–water partition coefficient (Wildman–Crippen LogP) is 2.07. The normalized spacial score (nSPS) is 13.7. The zero-order valence-corrected chi connectivity index (χ0v) is 12.0. The Kier molecular flexibility index (Phi) is 3.81. The Labute approximate surface area is 123 Å². The molecule has 1 aliphatic rings. The highest BCUT2D eigenvalue weighted by Crippen LogP contribution is 2.20. The van der Waals surface area contributed by atoms with Gasteiger partial charge in [0.05, 0.1) is 6.61 Å². The molecule has 0 aliphatic carbocycles.